The van der Waals surface area contributed by atoms with Gasteiger partial charge in [0, 0.05) is 19.1 Å². The van der Waals surface area contributed by atoms with Crippen LogP contribution in [0.2, 0.25) is 0 Å². The maximum Gasteiger partial charge on any atom is 0.407 e. The SMILES string of the molecule is O=C(NCc1ccccc1)O[C@H]1CC[C@@H](OC(c2ccccc2)(c2ccccc2)c2ccccc2)C[C@@H]1CO. The van der Waals surface area contributed by atoms with Gasteiger partial charge in [0.15, 0.2) is 0 Å². The molecule has 0 heterocycles. The molecule has 200 valence electrons. The van der Waals surface area contributed by atoms with E-state index in [1.165, 1.54) is 0 Å². The summed E-state index contributed by atoms with van der Waals surface area (Å²) in [5.41, 5.74) is 3.31. The van der Waals surface area contributed by atoms with Crippen LogP contribution in [0.5, 0.6) is 0 Å². The normalized spacial score (nSPS) is 19.3. The first-order chi connectivity index (χ1) is 19.2. The Balaban J connectivity index is 1.36. The monoisotopic (exact) mass is 521 g/mol. The number of aliphatic hydroxyl groups excluding tert-OH is 1. The summed E-state index contributed by atoms with van der Waals surface area (Å²) in [6.07, 6.45) is 0.931. The van der Waals surface area contributed by atoms with Gasteiger partial charge in [-0.1, -0.05) is 121 Å². The molecule has 0 aliphatic heterocycles. The molecule has 1 saturated carbocycles. The number of nitrogens with one attached hydrogen (secondary N) is 1. The number of rotatable bonds is 9. The second-order valence-electron chi connectivity index (χ2n) is 10.1. The third kappa shape index (κ3) is 6.22. The van der Waals surface area contributed by atoms with Crippen molar-refractivity contribution < 1.29 is 19.4 Å². The van der Waals surface area contributed by atoms with Crippen molar-refractivity contribution in [2.75, 3.05) is 6.61 Å². The van der Waals surface area contributed by atoms with Gasteiger partial charge in [0.25, 0.3) is 0 Å². The van der Waals surface area contributed by atoms with Crippen LogP contribution in [-0.4, -0.2) is 30.0 Å². The van der Waals surface area contributed by atoms with Gasteiger partial charge in [-0.15, -0.1) is 0 Å². The lowest BCUT2D eigenvalue weighted by molar-refractivity contribution is -0.0999. The second kappa shape index (κ2) is 12.7. The zero-order valence-corrected chi connectivity index (χ0v) is 22.0. The van der Waals surface area contributed by atoms with Crippen LogP contribution < -0.4 is 5.32 Å². The Morgan fingerprint density at radius 1 is 0.744 bits per heavy atom. The fourth-order valence-corrected chi connectivity index (χ4v) is 5.57. The third-order valence-corrected chi connectivity index (χ3v) is 7.52. The number of hydrogen-bond acceptors (Lipinski definition) is 4. The lowest BCUT2D eigenvalue weighted by Crippen LogP contribution is -2.44. The van der Waals surface area contributed by atoms with E-state index in [9.17, 15) is 9.90 Å². The highest BCUT2D eigenvalue weighted by atomic mass is 16.6. The zero-order chi connectivity index (χ0) is 26.9. The number of hydrogen-bond donors (Lipinski definition) is 2. The van der Waals surface area contributed by atoms with Crippen LogP contribution in [0.3, 0.4) is 0 Å². The van der Waals surface area contributed by atoms with Crippen LogP contribution in [0.15, 0.2) is 121 Å². The molecule has 5 heteroatoms. The Kier molecular flexibility index (Phi) is 8.71. The number of carbonyl (C=O) groups excluding carboxylic acids is 1. The molecule has 5 nitrogen and oxygen atoms in total. The quantitative estimate of drug-likeness (QED) is 0.248. The molecular weight excluding hydrogens is 486 g/mol. The van der Waals surface area contributed by atoms with Crippen molar-refractivity contribution in [1.82, 2.24) is 5.32 Å². The van der Waals surface area contributed by atoms with E-state index < -0.39 is 11.7 Å². The molecule has 4 aromatic carbocycles. The maximum absolute atomic E-state index is 12.6. The molecule has 0 radical (unpaired) electrons. The minimum atomic E-state index is -0.824. The molecule has 4 aromatic rings. The number of amides is 1. The van der Waals surface area contributed by atoms with Gasteiger partial charge >= 0.3 is 6.09 Å². The summed E-state index contributed by atoms with van der Waals surface area (Å²) in [4.78, 5) is 12.6. The van der Waals surface area contributed by atoms with Gasteiger partial charge in [-0.25, -0.2) is 4.79 Å². The first-order valence-corrected chi connectivity index (χ1v) is 13.6. The van der Waals surface area contributed by atoms with Gasteiger partial charge in [0.1, 0.15) is 11.7 Å². The first-order valence-electron chi connectivity index (χ1n) is 13.6. The van der Waals surface area contributed by atoms with Crippen LogP contribution >= 0.6 is 0 Å². The summed E-state index contributed by atoms with van der Waals surface area (Å²) < 4.78 is 12.9. The molecule has 1 aliphatic rings. The van der Waals surface area contributed by atoms with E-state index >= 15 is 0 Å². The van der Waals surface area contributed by atoms with Gasteiger partial charge in [-0.3, -0.25) is 0 Å². The Hall–Kier alpha value is -3.93. The van der Waals surface area contributed by atoms with Crippen molar-refractivity contribution in [3.05, 3.63) is 144 Å². The van der Waals surface area contributed by atoms with Gasteiger partial charge in [0.05, 0.1) is 6.10 Å². The summed E-state index contributed by atoms with van der Waals surface area (Å²) in [6, 6.07) is 40.6. The lowest BCUT2D eigenvalue weighted by atomic mass is 9.78. The van der Waals surface area contributed by atoms with Crippen molar-refractivity contribution in [2.45, 2.75) is 43.6 Å². The molecule has 2 N–H and O–H groups in total. The fraction of sp³-hybridized carbons (Fsp3) is 0.265. The highest BCUT2D eigenvalue weighted by Gasteiger charge is 2.42. The topological polar surface area (TPSA) is 67.8 Å². The maximum atomic E-state index is 12.6. The molecule has 1 amide bonds. The van der Waals surface area contributed by atoms with E-state index in [1.807, 2.05) is 84.9 Å². The molecule has 1 fully saturated rings. The minimum Gasteiger partial charge on any atom is -0.446 e. The van der Waals surface area contributed by atoms with Crippen molar-refractivity contribution in [1.29, 1.82) is 0 Å². The summed E-state index contributed by atoms with van der Waals surface area (Å²) in [6.45, 7) is 0.321. The minimum absolute atomic E-state index is 0.0779. The number of benzene rings is 4. The number of aliphatic hydroxyl groups is 1. The Morgan fingerprint density at radius 3 is 1.72 bits per heavy atom. The van der Waals surface area contributed by atoms with Gasteiger partial charge in [0.2, 0.25) is 0 Å². The average molecular weight is 522 g/mol. The van der Waals surface area contributed by atoms with E-state index in [0.29, 0.717) is 25.8 Å². The van der Waals surface area contributed by atoms with Crippen LogP contribution in [-0.2, 0) is 21.6 Å². The van der Waals surface area contributed by atoms with Crippen molar-refractivity contribution >= 4 is 6.09 Å². The van der Waals surface area contributed by atoms with Crippen LogP contribution in [0.25, 0.3) is 0 Å². The van der Waals surface area contributed by atoms with E-state index in [1.54, 1.807) is 0 Å². The van der Waals surface area contributed by atoms with Crippen LogP contribution in [0.1, 0.15) is 41.5 Å². The largest absolute Gasteiger partial charge is 0.446 e. The van der Waals surface area contributed by atoms with E-state index in [2.05, 4.69) is 41.7 Å². The molecule has 5 rings (SSSR count). The summed E-state index contributed by atoms with van der Waals surface area (Å²) >= 11 is 0. The summed E-state index contributed by atoms with van der Waals surface area (Å²) in [5.74, 6) is -0.216. The molecule has 39 heavy (non-hydrogen) atoms. The average Bonchev–Trinajstić information content (AvgIpc) is 3.01. The van der Waals surface area contributed by atoms with E-state index in [4.69, 9.17) is 9.47 Å². The number of alkyl carbamates (subject to hydrolysis) is 1. The highest BCUT2D eigenvalue weighted by Crippen LogP contribution is 2.44. The Labute approximate surface area is 230 Å². The lowest BCUT2D eigenvalue weighted by Gasteiger charge is -2.42. The number of carbonyl (C=O) groups is 1. The van der Waals surface area contributed by atoms with Gasteiger partial charge in [-0.2, -0.15) is 0 Å². The standard InChI is InChI=1S/C34H35NO4/c36-25-27-23-31(21-22-32(27)38-33(37)35-24-26-13-5-1-6-14-26)39-34(28-15-7-2-8-16-28,29-17-9-3-10-18-29)30-19-11-4-12-20-30/h1-20,27,31-32,36H,21-25H2,(H,35,37)/t27-,31-,32+/m1/s1. The molecule has 3 atom stereocenters. The molecule has 0 unspecified atom stereocenters. The molecule has 1 aliphatic carbocycles. The van der Waals surface area contributed by atoms with Crippen LogP contribution in [0, 0.1) is 5.92 Å². The van der Waals surface area contributed by atoms with E-state index in [0.717, 1.165) is 22.3 Å². The molecule has 0 aromatic heterocycles. The summed E-state index contributed by atoms with van der Waals surface area (Å²) in [5, 5.41) is 13.1. The highest BCUT2D eigenvalue weighted by molar-refractivity contribution is 5.67. The molecular formula is C34H35NO4. The molecule has 0 bridgehead atoms. The second-order valence-corrected chi connectivity index (χ2v) is 10.1. The van der Waals surface area contributed by atoms with Crippen molar-refractivity contribution in [2.24, 2.45) is 5.92 Å². The smallest absolute Gasteiger partial charge is 0.407 e. The van der Waals surface area contributed by atoms with Crippen molar-refractivity contribution in [3.8, 4) is 0 Å². The zero-order valence-electron chi connectivity index (χ0n) is 22.0. The Bertz CT molecular complexity index is 1200. The predicted molar refractivity (Wildman–Crippen MR) is 152 cm³/mol. The molecule has 0 saturated heterocycles. The Morgan fingerprint density at radius 2 is 1.23 bits per heavy atom. The predicted octanol–water partition coefficient (Wildman–Crippen LogP) is 6.45. The van der Waals surface area contributed by atoms with Gasteiger partial charge in [-0.05, 0) is 41.5 Å². The van der Waals surface area contributed by atoms with Crippen molar-refractivity contribution in [3.63, 3.8) is 0 Å². The summed E-state index contributed by atoms with van der Waals surface area (Å²) in [7, 11) is 0. The number of ether oxygens (including phenoxy) is 2. The van der Waals surface area contributed by atoms with E-state index in [-0.39, 0.29) is 24.7 Å². The third-order valence-electron chi connectivity index (χ3n) is 7.52. The fourth-order valence-electron chi connectivity index (χ4n) is 5.57. The molecule has 0 spiro atoms. The van der Waals surface area contributed by atoms with Crippen LogP contribution in [0.4, 0.5) is 4.79 Å². The first kappa shape index (κ1) is 26.7. The van der Waals surface area contributed by atoms with Gasteiger partial charge < -0.3 is 19.9 Å².